The first-order chi connectivity index (χ1) is 14.0. The molecule has 0 spiro atoms. The predicted molar refractivity (Wildman–Crippen MR) is 120 cm³/mol. The highest BCUT2D eigenvalue weighted by atomic mass is 79.9. The third kappa shape index (κ3) is 4.36. The van der Waals surface area contributed by atoms with E-state index in [0.717, 1.165) is 26.9 Å². The lowest BCUT2D eigenvalue weighted by atomic mass is 10.2. The molecular formula is C23H19BrClN3O. The van der Waals surface area contributed by atoms with Gasteiger partial charge in [-0.25, -0.2) is 4.98 Å². The second-order valence-electron chi connectivity index (χ2n) is 6.88. The molecule has 1 heterocycles. The van der Waals surface area contributed by atoms with Gasteiger partial charge in [-0.3, -0.25) is 4.79 Å². The highest BCUT2D eigenvalue weighted by molar-refractivity contribution is 9.10. The fourth-order valence-corrected chi connectivity index (χ4v) is 4.00. The van der Waals surface area contributed by atoms with Crippen LogP contribution in [0, 0.1) is 0 Å². The van der Waals surface area contributed by atoms with Gasteiger partial charge in [0.25, 0.3) is 5.91 Å². The minimum Gasteiger partial charge on any atom is -0.342 e. The average Bonchev–Trinajstić information content (AvgIpc) is 3.07. The molecule has 0 bridgehead atoms. The molecule has 1 amide bonds. The van der Waals surface area contributed by atoms with Crippen LogP contribution in [0.2, 0.25) is 5.02 Å². The number of aromatic nitrogens is 2. The van der Waals surface area contributed by atoms with Crippen LogP contribution in [0.15, 0.2) is 77.3 Å². The van der Waals surface area contributed by atoms with Crippen LogP contribution in [0.25, 0.3) is 11.0 Å². The number of hydrogen-bond donors (Lipinski definition) is 1. The van der Waals surface area contributed by atoms with Crippen molar-refractivity contribution in [1.82, 2.24) is 14.9 Å². The number of para-hydroxylation sites is 2. The van der Waals surface area contributed by atoms with Crippen molar-refractivity contribution < 1.29 is 4.79 Å². The van der Waals surface area contributed by atoms with E-state index < -0.39 is 0 Å². The van der Waals surface area contributed by atoms with Gasteiger partial charge in [-0.1, -0.05) is 57.9 Å². The van der Waals surface area contributed by atoms with Crippen LogP contribution >= 0.6 is 27.5 Å². The average molecular weight is 469 g/mol. The summed E-state index contributed by atoms with van der Waals surface area (Å²) >= 11 is 9.58. The Bertz CT molecular complexity index is 1190. The SMILES string of the molecule is C[C@@H](NC(=O)c1cccc(Br)c1)c1nc2ccccc2n1Cc1cccc(Cl)c1. The lowest BCUT2D eigenvalue weighted by Crippen LogP contribution is -2.28. The van der Waals surface area contributed by atoms with Gasteiger partial charge in [-0.15, -0.1) is 0 Å². The van der Waals surface area contributed by atoms with E-state index in [1.54, 1.807) is 12.1 Å². The summed E-state index contributed by atoms with van der Waals surface area (Å²) in [6.07, 6.45) is 0. The molecule has 0 unspecified atom stereocenters. The molecule has 3 aromatic carbocycles. The van der Waals surface area contributed by atoms with E-state index in [1.165, 1.54) is 0 Å². The highest BCUT2D eigenvalue weighted by Gasteiger charge is 2.19. The van der Waals surface area contributed by atoms with E-state index in [1.807, 2.05) is 67.6 Å². The van der Waals surface area contributed by atoms with Crippen LogP contribution in [0.5, 0.6) is 0 Å². The highest BCUT2D eigenvalue weighted by Crippen LogP contribution is 2.23. The summed E-state index contributed by atoms with van der Waals surface area (Å²) in [5.74, 6) is 0.662. The van der Waals surface area contributed by atoms with Gasteiger partial charge in [0.2, 0.25) is 0 Å². The summed E-state index contributed by atoms with van der Waals surface area (Å²) in [5.41, 5.74) is 3.59. The van der Waals surface area contributed by atoms with Gasteiger partial charge in [-0.2, -0.15) is 0 Å². The van der Waals surface area contributed by atoms with Crippen LogP contribution in [-0.4, -0.2) is 15.5 Å². The van der Waals surface area contributed by atoms with Crippen molar-refractivity contribution in [3.05, 3.63) is 99.2 Å². The Hall–Kier alpha value is -2.63. The number of nitrogens with zero attached hydrogens (tertiary/aromatic N) is 2. The number of nitrogens with one attached hydrogen (secondary N) is 1. The number of halogens is 2. The first-order valence-electron chi connectivity index (χ1n) is 9.27. The molecule has 4 rings (SSSR count). The number of carbonyl (C=O) groups is 1. The molecule has 0 radical (unpaired) electrons. The number of hydrogen-bond acceptors (Lipinski definition) is 2. The number of fused-ring (bicyclic) bond motifs is 1. The first-order valence-corrected chi connectivity index (χ1v) is 10.4. The number of benzene rings is 3. The fraction of sp³-hybridized carbons (Fsp3) is 0.130. The molecule has 6 heteroatoms. The van der Waals surface area contributed by atoms with E-state index in [4.69, 9.17) is 16.6 Å². The van der Waals surface area contributed by atoms with Crippen molar-refractivity contribution in [3.63, 3.8) is 0 Å². The fourth-order valence-electron chi connectivity index (χ4n) is 3.38. The Kier molecular flexibility index (Phi) is 5.69. The van der Waals surface area contributed by atoms with Crippen molar-refractivity contribution in [2.45, 2.75) is 19.5 Å². The van der Waals surface area contributed by atoms with Crippen LogP contribution < -0.4 is 5.32 Å². The van der Waals surface area contributed by atoms with Gasteiger partial charge in [-0.05, 0) is 55.0 Å². The molecule has 0 aliphatic heterocycles. The van der Waals surface area contributed by atoms with Gasteiger partial charge in [0.05, 0.1) is 17.1 Å². The van der Waals surface area contributed by atoms with Crippen molar-refractivity contribution in [1.29, 1.82) is 0 Å². The molecule has 1 N–H and O–H groups in total. The second kappa shape index (κ2) is 8.39. The van der Waals surface area contributed by atoms with Crippen LogP contribution in [0.3, 0.4) is 0 Å². The topological polar surface area (TPSA) is 46.9 Å². The summed E-state index contributed by atoms with van der Waals surface area (Å²) in [6, 6.07) is 22.8. The number of rotatable bonds is 5. The molecular weight excluding hydrogens is 450 g/mol. The molecule has 4 nitrogen and oxygen atoms in total. The maximum absolute atomic E-state index is 12.7. The van der Waals surface area contributed by atoms with E-state index in [2.05, 4.69) is 25.8 Å². The van der Waals surface area contributed by atoms with E-state index >= 15 is 0 Å². The van der Waals surface area contributed by atoms with Crippen molar-refractivity contribution in [3.8, 4) is 0 Å². The summed E-state index contributed by atoms with van der Waals surface area (Å²) < 4.78 is 3.00. The molecule has 146 valence electrons. The molecule has 1 atom stereocenters. The molecule has 0 saturated heterocycles. The summed E-state index contributed by atoms with van der Waals surface area (Å²) in [6.45, 7) is 2.57. The quantitative estimate of drug-likeness (QED) is 0.391. The normalized spacial score (nSPS) is 12.1. The largest absolute Gasteiger partial charge is 0.342 e. The number of carbonyl (C=O) groups excluding carboxylic acids is 1. The Morgan fingerprint density at radius 1 is 1.10 bits per heavy atom. The predicted octanol–water partition coefficient (Wildman–Crippen LogP) is 5.99. The van der Waals surface area contributed by atoms with Gasteiger partial charge in [0.15, 0.2) is 0 Å². The summed E-state index contributed by atoms with van der Waals surface area (Å²) in [7, 11) is 0. The monoisotopic (exact) mass is 467 g/mol. The van der Waals surface area contributed by atoms with Gasteiger partial charge < -0.3 is 9.88 Å². The third-order valence-electron chi connectivity index (χ3n) is 4.74. The third-order valence-corrected chi connectivity index (χ3v) is 5.46. The maximum Gasteiger partial charge on any atom is 0.251 e. The molecule has 4 aromatic rings. The molecule has 0 aliphatic carbocycles. The number of imidazole rings is 1. The van der Waals surface area contributed by atoms with Crippen molar-refractivity contribution in [2.24, 2.45) is 0 Å². The van der Waals surface area contributed by atoms with E-state index in [-0.39, 0.29) is 11.9 Å². The van der Waals surface area contributed by atoms with Crippen molar-refractivity contribution >= 4 is 44.5 Å². The lowest BCUT2D eigenvalue weighted by molar-refractivity contribution is 0.0937. The van der Waals surface area contributed by atoms with Crippen LogP contribution in [-0.2, 0) is 6.54 Å². The zero-order valence-corrected chi connectivity index (χ0v) is 18.1. The van der Waals surface area contributed by atoms with Crippen LogP contribution in [0.4, 0.5) is 0 Å². The standard InChI is InChI=1S/C23H19BrClN3O/c1-15(26-23(29)17-7-5-8-18(24)13-17)22-27-20-10-2-3-11-21(20)28(22)14-16-6-4-9-19(25)12-16/h2-13,15H,14H2,1H3,(H,26,29)/t15-/m1/s1. The Morgan fingerprint density at radius 2 is 1.90 bits per heavy atom. The Balaban J connectivity index is 1.68. The van der Waals surface area contributed by atoms with Gasteiger partial charge in [0.1, 0.15) is 5.82 Å². The number of amides is 1. The summed E-state index contributed by atoms with van der Waals surface area (Å²) in [4.78, 5) is 17.5. The molecule has 0 fully saturated rings. The maximum atomic E-state index is 12.7. The lowest BCUT2D eigenvalue weighted by Gasteiger charge is -2.17. The molecule has 0 saturated carbocycles. The zero-order chi connectivity index (χ0) is 20.4. The minimum absolute atomic E-state index is 0.139. The Morgan fingerprint density at radius 3 is 2.69 bits per heavy atom. The van der Waals surface area contributed by atoms with Gasteiger partial charge in [0, 0.05) is 21.6 Å². The zero-order valence-electron chi connectivity index (χ0n) is 15.8. The molecule has 29 heavy (non-hydrogen) atoms. The smallest absolute Gasteiger partial charge is 0.251 e. The second-order valence-corrected chi connectivity index (χ2v) is 8.23. The molecule has 1 aromatic heterocycles. The van der Waals surface area contributed by atoms with E-state index in [0.29, 0.717) is 17.1 Å². The van der Waals surface area contributed by atoms with E-state index in [9.17, 15) is 4.79 Å². The van der Waals surface area contributed by atoms with Crippen molar-refractivity contribution in [2.75, 3.05) is 0 Å². The van der Waals surface area contributed by atoms with Crippen LogP contribution in [0.1, 0.15) is 34.7 Å². The minimum atomic E-state index is -0.270. The first kappa shape index (κ1) is 19.7. The molecule has 0 aliphatic rings. The summed E-state index contributed by atoms with van der Waals surface area (Å²) in [5, 5.41) is 3.77. The van der Waals surface area contributed by atoms with Gasteiger partial charge >= 0.3 is 0 Å². The Labute approximate surface area is 182 Å².